The van der Waals surface area contributed by atoms with Gasteiger partial charge in [-0.1, -0.05) is 66.2 Å². The van der Waals surface area contributed by atoms with Gasteiger partial charge in [0.25, 0.3) is 0 Å². The van der Waals surface area contributed by atoms with Crippen molar-refractivity contribution >= 4 is 39.9 Å². The van der Waals surface area contributed by atoms with Crippen molar-refractivity contribution < 1.29 is 14.3 Å². The molecule has 0 saturated carbocycles. The van der Waals surface area contributed by atoms with Gasteiger partial charge in [-0.3, -0.25) is 4.79 Å². The van der Waals surface area contributed by atoms with E-state index < -0.39 is 0 Å². The van der Waals surface area contributed by atoms with E-state index >= 15 is 0 Å². The van der Waals surface area contributed by atoms with E-state index in [9.17, 15) is 4.79 Å². The number of fused-ring (bicyclic) bond motifs is 2. The van der Waals surface area contributed by atoms with Crippen LogP contribution >= 0.6 is 22.7 Å². The molecule has 3 aromatic heterocycles. The van der Waals surface area contributed by atoms with Crippen molar-refractivity contribution in [3.8, 4) is 48.6 Å². The largest absolute Gasteiger partial charge is 0.485 e. The number of hydrogen-bond acceptors (Lipinski definition) is 5. The van der Waals surface area contributed by atoms with Crippen LogP contribution in [0.15, 0.2) is 91.0 Å². The summed E-state index contributed by atoms with van der Waals surface area (Å²) in [5.41, 5.74) is 7.03. The zero-order valence-corrected chi connectivity index (χ0v) is 22.3. The highest BCUT2D eigenvalue weighted by molar-refractivity contribution is 7.25. The van der Waals surface area contributed by atoms with E-state index in [1.807, 2.05) is 0 Å². The number of para-hydroxylation sites is 1. The van der Waals surface area contributed by atoms with E-state index in [1.54, 1.807) is 11.3 Å². The molecule has 0 bridgehead atoms. The van der Waals surface area contributed by atoms with Crippen molar-refractivity contribution in [2.75, 3.05) is 13.2 Å². The van der Waals surface area contributed by atoms with Crippen LogP contribution in [0, 0.1) is 6.92 Å². The van der Waals surface area contributed by atoms with Crippen LogP contribution in [-0.4, -0.2) is 24.1 Å². The van der Waals surface area contributed by atoms with Crippen LogP contribution in [0.25, 0.3) is 48.0 Å². The number of carbonyl (C=O) groups is 1. The predicted molar refractivity (Wildman–Crippen MR) is 156 cm³/mol. The second-order valence-corrected chi connectivity index (χ2v) is 11.3. The summed E-state index contributed by atoms with van der Waals surface area (Å²) in [7, 11) is 0. The summed E-state index contributed by atoms with van der Waals surface area (Å²) in [6, 6.07) is 32.2. The molecule has 0 N–H and O–H groups in total. The molecule has 0 atom stereocenters. The normalized spacial score (nSPS) is 12.7. The van der Waals surface area contributed by atoms with Crippen LogP contribution in [0.4, 0.5) is 0 Å². The summed E-state index contributed by atoms with van der Waals surface area (Å²) in [5.74, 6) is 1.25. The van der Waals surface area contributed by atoms with Crippen LogP contribution in [0.5, 0.6) is 11.5 Å². The van der Waals surface area contributed by atoms with Gasteiger partial charge in [0.2, 0.25) is 0 Å². The molecule has 0 aliphatic carbocycles. The third-order valence-electron chi connectivity index (χ3n) is 6.82. The number of nitrogens with zero attached hydrogens (tertiary/aromatic N) is 1. The molecule has 0 radical (unpaired) electrons. The van der Waals surface area contributed by atoms with Gasteiger partial charge < -0.3 is 14.0 Å². The molecular weight excluding hydrogens is 510 g/mol. The first-order valence-corrected chi connectivity index (χ1v) is 14.1. The van der Waals surface area contributed by atoms with Gasteiger partial charge in [0.1, 0.15) is 18.1 Å². The fourth-order valence-corrected chi connectivity index (χ4v) is 7.31. The number of hydrogen-bond donors (Lipinski definition) is 0. The molecule has 1 aliphatic heterocycles. The molecule has 0 fully saturated rings. The zero-order chi connectivity index (χ0) is 25.6. The lowest BCUT2D eigenvalue weighted by Gasteiger charge is -2.16. The van der Waals surface area contributed by atoms with Gasteiger partial charge in [0, 0.05) is 26.4 Å². The van der Waals surface area contributed by atoms with E-state index in [0.29, 0.717) is 29.6 Å². The molecule has 7 rings (SSSR count). The highest BCUT2D eigenvalue weighted by Crippen LogP contribution is 2.52. The van der Waals surface area contributed by atoms with Crippen molar-refractivity contribution in [3.63, 3.8) is 0 Å². The second-order valence-electron chi connectivity index (χ2n) is 9.21. The molecule has 0 unspecified atom stereocenters. The van der Waals surface area contributed by atoms with Crippen LogP contribution in [-0.2, 0) is 0 Å². The summed E-state index contributed by atoms with van der Waals surface area (Å²) in [6.07, 6.45) is 0.860. The summed E-state index contributed by atoms with van der Waals surface area (Å²) < 4.78 is 14.1. The summed E-state index contributed by atoms with van der Waals surface area (Å²) in [5, 5.41) is 1.20. The topological polar surface area (TPSA) is 40.5 Å². The third-order valence-corrected chi connectivity index (χ3v) is 9.18. The number of aldehydes is 1. The van der Waals surface area contributed by atoms with Gasteiger partial charge in [-0.2, -0.15) is 0 Å². The lowest BCUT2D eigenvalue weighted by atomic mass is 10.0. The molecule has 6 aromatic rings. The van der Waals surface area contributed by atoms with Gasteiger partial charge in [-0.25, -0.2) is 0 Å². The molecule has 0 saturated heterocycles. The van der Waals surface area contributed by atoms with Crippen molar-refractivity contribution in [3.05, 3.63) is 101 Å². The van der Waals surface area contributed by atoms with Crippen molar-refractivity contribution in [1.29, 1.82) is 0 Å². The van der Waals surface area contributed by atoms with E-state index in [0.717, 1.165) is 43.4 Å². The molecular formula is C32H23NO3S2. The van der Waals surface area contributed by atoms with Crippen molar-refractivity contribution in [1.82, 2.24) is 4.57 Å². The van der Waals surface area contributed by atoms with Gasteiger partial charge in [-0.15, -0.1) is 22.7 Å². The minimum absolute atomic E-state index is 0.457. The van der Waals surface area contributed by atoms with Crippen LogP contribution in [0.2, 0.25) is 0 Å². The van der Waals surface area contributed by atoms with Gasteiger partial charge in [-0.05, 0) is 42.8 Å². The molecule has 6 heteroatoms. The SMILES string of the molecule is Cc1ccc(-n2c(-c3ccccc3)c(-c3ccc(-c4sc(C=O)c5c4OCCO5)s3)c3ccccc32)cc1. The number of carbonyl (C=O) groups excluding carboxylic acids is 1. The number of aromatic nitrogens is 1. The smallest absolute Gasteiger partial charge is 0.183 e. The Morgan fingerprint density at radius 2 is 1.47 bits per heavy atom. The Labute approximate surface area is 228 Å². The maximum Gasteiger partial charge on any atom is 0.183 e. The fourth-order valence-electron chi connectivity index (χ4n) is 5.13. The molecule has 1 aliphatic rings. The first-order valence-electron chi connectivity index (χ1n) is 12.5. The second kappa shape index (κ2) is 9.31. The average molecular weight is 534 g/mol. The van der Waals surface area contributed by atoms with E-state index in [-0.39, 0.29) is 0 Å². The Morgan fingerprint density at radius 1 is 0.763 bits per heavy atom. The van der Waals surface area contributed by atoms with E-state index in [2.05, 4.69) is 102 Å². The fraction of sp³-hybridized carbons (Fsp3) is 0.0938. The Kier molecular flexibility index (Phi) is 5.64. The average Bonchev–Trinajstić information content (AvgIpc) is 3.68. The Bertz CT molecular complexity index is 1790. The Morgan fingerprint density at radius 3 is 2.26 bits per heavy atom. The molecule has 186 valence electrons. The number of ether oxygens (including phenoxy) is 2. The number of aryl methyl sites for hydroxylation is 1. The quantitative estimate of drug-likeness (QED) is 0.208. The summed E-state index contributed by atoms with van der Waals surface area (Å²) >= 11 is 3.15. The minimum Gasteiger partial charge on any atom is -0.485 e. The summed E-state index contributed by atoms with van der Waals surface area (Å²) in [4.78, 5) is 15.5. The Balaban J connectivity index is 1.48. The van der Waals surface area contributed by atoms with Crippen LogP contribution in [0.1, 0.15) is 15.2 Å². The van der Waals surface area contributed by atoms with Crippen LogP contribution in [0.3, 0.4) is 0 Å². The molecule has 4 nitrogen and oxygen atoms in total. The number of rotatable bonds is 5. The van der Waals surface area contributed by atoms with Gasteiger partial charge >= 0.3 is 0 Å². The molecule has 0 amide bonds. The lowest BCUT2D eigenvalue weighted by molar-refractivity contribution is 0.111. The van der Waals surface area contributed by atoms with Gasteiger partial charge in [0.15, 0.2) is 17.8 Å². The number of benzene rings is 3. The van der Waals surface area contributed by atoms with Crippen molar-refractivity contribution in [2.24, 2.45) is 0 Å². The highest BCUT2D eigenvalue weighted by atomic mass is 32.1. The first-order chi connectivity index (χ1) is 18.7. The number of thiophene rings is 2. The molecule has 4 heterocycles. The predicted octanol–water partition coefficient (Wildman–Crippen LogP) is 8.65. The maximum absolute atomic E-state index is 11.7. The monoisotopic (exact) mass is 533 g/mol. The zero-order valence-electron chi connectivity index (χ0n) is 20.6. The first kappa shape index (κ1) is 23.0. The minimum atomic E-state index is 0.457. The van der Waals surface area contributed by atoms with E-state index in [1.165, 1.54) is 27.8 Å². The highest BCUT2D eigenvalue weighted by Gasteiger charge is 2.27. The van der Waals surface area contributed by atoms with Crippen LogP contribution < -0.4 is 9.47 Å². The summed E-state index contributed by atoms with van der Waals surface area (Å²) in [6.45, 7) is 3.05. The molecule has 38 heavy (non-hydrogen) atoms. The standard InChI is InChI=1S/C32H23NO3S2/c1-20-11-13-22(14-12-20)33-24-10-6-5-9-23(24)28(29(33)21-7-3-2-4-8-21)25-15-16-26(37-25)32-31-30(27(19-34)38-32)35-17-18-36-31/h2-16,19H,17-18H2,1H3. The Hall–Kier alpha value is -4.13. The molecule has 3 aromatic carbocycles. The molecule has 0 spiro atoms. The van der Waals surface area contributed by atoms with E-state index in [4.69, 9.17) is 9.47 Å². The third kappa shape index (κ3) is 3.68. The maximum atomic E-state index is 11.7. The van der Waals surface area contributed by atoms with Gasteiger partial charge in [0.05, 0.1) is 16.1 Å². The lowest BCUT2D eigenvalue weighted by Crippen LogP contribution is -2.15. The van der Waals surface area contributed by atoms with Crippen molar-refractivity contribution in [2.45, 2.75) is 6.92 Å².